The SMILES string of the molecule is CC(F)C1(Cc2ccccc2)CNCCN1C(=O)O. The molecular weight excluding hydrogens is 247 g/mol. The lowest BCUT2D eigenvalue weighted by atomic mass is 9.83. The third-order valence-corrected chi connectivity index (χ3v) is 3.81. The lowest BCUT2D eigenvalue weighted by Gasteiger charge is -2.47. The van der Waals surface area contributed by atoms with E-state index in [-0.39, 0.29) is 0 Å². The molecule has 104 valence electrons. The molecule has 0 spiro atoms. The van der Waals surface area contributed by atoms with Gasteiger partial charge in [-0.3, -0.25) is 4.90 Å². The molecule has 2 N–H and O–H groups in total. The van der Waals surface area contributed by atoms with Gasteiger partial charge in [-0.1, -0.05) is 30.3 Å². The Hall–Kier alpha value is -1.62. The first-order valence-electron chi connectivity index (χ1n) is 6.45. The third-order valence-electron chi connectivity index (χ3n) is 3.81. The van der Waals surface area contributed by atoms with Crippen LogP contribution < -0.4 is 5.32 Å². The zero-order chi connectivity index (χ0) is 13.9. The fraction of sp³-hybridized carbons (Fsp3) is 0.500. The molecule has 2 atom stereocenters. The number of amides is 1. The zero-order valence-corrected chi connectivity index (χ0v) is 11.0. The summed E-state index contributed by atoms with van der Waals surface area (Å²) in [5, 5.41) is 12.4. The molecule has 1 heterocycles. The number of rotatable bonds is 3. The summed E-state index contributed by atoms with van der Waals surface area (Å²) in [5.74, 6) is 0. The maximum Gasteiger partial charge on any atom is 0.407 e. The van der Waals surface area contributed by atoms with E-state index < -0.39 is 17.8 Å². The van der Waals surface area contributed by atoms with Crippen LogP contribution >= 0.6 is 0 Å². The van der Waals surface area contributed by atoms with Gasteiger partial charge in [0.2, 0.25) is 0 Å². The van der Waals surface area contributed by atoms with Crippen molar-refractivity contribution in [3.8, 4) is 0 Å². The van der Waals surface area contributed by atoms with E-state index >= 15 is 0 Å². The highest BCUT2D eigenvalue weighted by Gasteiger charge is 2.46. The Balaban J connectivity index is 2.32. The predicted molar refractivity (Wildman–Crippen MR) is 71.0 cm³/mol. The van der Waals surface area contributed by atoms with Crippen molar-refractivity contribution < 1.29 is 14.3 Å². The minimum absolute atomic E-state index is 0.316. The largest absolute Gasteiger partial charge is 0.465 e. The monoisotopic (exact) mass is 266 g/mol. The number of halogens is 1. The maximum atomic E-state index is 14.2. The molecule has 1 aliphatic rings. The van der Waals surface area contributed by atoms with Crippen LogP contribution in [0.25, 0.3) is 0 Å². The van der Waals surface area contributed by atoms with E-state index in [0.29, 0.717) is 26.1 Å². The summed E-state index contributed by atoms with van der Waals surface area (Å²) in [6, 6.07) is 9.46. The first-order chi connectivity index (χ1) is 9.06. The second-order valence-electron chi connectivity index (χ2n) is 4.99. The van der Waals surface area contributed by atoms with Crippen LogP contribution in [0, 0.1) is 0 Å². The minimum atomic E-state index is -1.24. The summed E-state index contributed by atoms with van der Waals surface area (Å²) < 4.78 is 14.2. The molecule has 0 aromatic heterocycles. The average molecular weight is 266 g/mol. The number of piperazine rings is 1. The second-order valence-corrected chi connectivity index (χ2v) is 4.99. The molecule has 1 aromatic rings. The van der Waals surface area contributed by atoms with Crippen molar-refractivity contribution in [3.63, 3.8) is 0 Å². The first kappa shape index (κ1) is 13.8. The lowest BCUT2D eigenvalue weighted by Crippen LogP contribution is -2.67. The third kappa shape index (κ3) is 2.71. The number of benzene rings is 1. The highest BCUT2D eigenvalue weighted by atomic mass is 19.1. The van der Waals surface area contributed by atoms with Gasteiger partial charge >= 0.3 is 6.09 Å². The standard InChI is InChI=1S/C14H19FN2O2/c1-11(15)14(9-12-5-3-2-4-6-12)10-16-7-8-17(14)13(18)19/h2-6,11,16H,7-10H2,1H3,(H,18,19). The van der Waals surface area contributed by atoms with Crippen molar-refractivity contribution >= 4 is 6.09 Å². The topological polar surface area (TPSA) is 52.6 Å². The van der Waals surface area contributed by atoms with Gasteiger partial charge in [0, 0.05) is 19.6 Å². The van der Waals surface area contributed by atoms with Crippen molar-refractivity contribution in [2.24, 2.45) is 0 Å². The van der Waals surface area contributed by atoms with Crippen molar-refractivity contribution in [1.29, 1.82) is 0 Å². The number of nitrogens with one attached hydrogen (secondary N) is 1. The summed E-state index contributed by atoms with van der Waals surface area (Å²) in [6.07, 6.45) is -1.91. The van der Waals surface area contributed by atoms with E-state index in [9.17, 15) is 14.3 Å². The van der Waals surface area contributed by atoms with Gasteiger partial charge in [0.1, 0.15) is 6.17 Å². The number of alkyl halides is 1. The van der Waals surface area contributed by atoms with E-state index in [1.807, 2.05) is 30.3 Å². The van der Waals surface area contributed by atoms with Crippen molar-refractivity contribution in [1.82, 2.24) is 10.2 Å². The fourth-order valence-corrected chi connectivity index (χ4v) is 2.70. The summed E-state index contributed by atoms with van der Waals surface area (Å²) >= 11 is 0. The second kappa shape index (κ2) is 5.57. The van der Waals surface area contributed by atoms with Gasteiger partial charge in [0.05, 0.1) is 5.54 Å². The lowest BCUT2D eigenvalue weighted by molar-refractivity contribution is 0.00833. The zero-order valence-electron chi connectivity index (χ0n) is 11.0. The van der Waals surface area contributed by atoms with Crippen LogP contribution in [0.2, 0.25) is 0 Å². The highest BCUT2D eigenvalue weighted by molar-refractivity contribution is 5.67. The Labute approximate surface area is 112 Å². The normalized spacial score (nSPS) is 25.1. The summed E-state index contributed by atoms with van der Waals surface area (Å²) in [4.78, 5) is 12.6. The molecular formula is C14H19FN2O2. The maximum absolute atomic E-state index is 14.2. The van der Waals surface area contributed by atoms with Crippen molar-refractivity contribution in [3.05, 3.63) is 35.9 Å². The number of carbonyl (C=O) groups is 1. The Morgan fingerprint density at radius 1 is 1.53 bits per heavy atom. The van der Waals surface area contributed by atoms with E-state index in [2.05, 4.69) is 5.32 Å². The fourth-order valence-electron chi connectivity index (χ4n) is 2.70. The molecule has 0 radical (unpaired) electrons. The summed E-state index contributed by atoms with van der Waals surface area (Å²) in [5.41, 5.74) is -0.0761. The number of hydrogen-bond acceptors (Lipinski definition) is 2. The molecule has 0 aliphatic carbocycles. The molecule has 0 saturated carbocycles. The van der Waals surface area contributed by atoms with Gasteiger partial charge in [-0.05, 0) is 18.9 Å². The van der Waals surface area contributed by atoms with Gasteiger partial charge in [-0.25, -0.2) is 9.18 Å². The smallest absolute Gasteiger partial charge is 0.407 e. The Bertz CT molecular complexity index is 438. The molecule has 4 nitrogen and oxygen atoms in total. The Morgan fingerprint density at radius 3 is 2.79 bits per heavy atom. The van der Waals surface area contributed by atoms with E-state index in [1.54, 1.807) is 0 Å². The van der Waals surface area contributed by atoms with Gasteiger partial charge in [-0.2, -0.15) is 0 Å². The van der Waals surface area contributed by atoms with Crippen LogP contribution in [0.5, 0.6) is 0 Å². The number of hydrogen-bond donors (Lipinski definition) is 2. The molecule has 1 saturated heterocycles. The minimum Gasteiger partial charge on any atom is -0.465 e. The predicted octanol–water partition coefficient (Wildman–Crippen LogP) is 1.91. The van der Waals surface area contributed by atoms with Crippen LogP contribution in [-0.2, 0) is 6.42 Å². The molecule has 1 amide bonds. The average Bonchev–Trinajstić information content (AvgIpc) is 2.40. The van der Waals surface area contributed by atoms with Crippen LogP contribution in [0.4, 0.5) is 9.18 Å². The van der Waals surface area contributed by atoms with Gasteiger partial charge in [0.25, 0.3) is 0 Å². The molecule has 5 heteroatoms. The Kier molecular flexibility index (Phi) is 4.04. The molecule has 19 heavy (non-hydrogen) atoms. The van der Waals surface area contributed by atoms with Crippen LogP contribution in [-0.4, -0.2) is 47.4 Å². The van der Waals surface area contributed by atoms with Crippen LogP contribution in [0.15, 0.2) is 30.3 Å². The molecule has 2 rings (SSSR count). The number of nitrogens with zero attached hydrogens (tertiary/aromatic N) is 1. The molecule has 2 unspecified atom stereocenters. The van der Waals surface area contributed by atoms with Gasteiger partial charge in [-0.15, -0.1) is 0 Å². The molecule has 0 bridgehead atoms. The van der Waals surface area contributed by atoms with Crippen LogP contribution in [0.1, 0.15) is 12.5 Å². The quantitative estimate of drug-likeness (QED) is 0.878. The van der Waals surface area contributed by atoms with Gasteiger partial charge < -0.3 is 10.4 Å². The summed E-state index contributed by atoms with van der Waals surface area (Å²) in [6.45, 7) is 2.66. The molecule has 1 aromatic carbocycles. The van der Waals surface area contributed by atoms with Gasteiger partial charge in [0.15, 0.2) is 0 Å². The highest BCUT2D eigenvalue weighted by Crippen LogP contribution is 2.29. The van der Waals surface area contributed by atoms with E-state index in [4.69, 9.17) is 0 Å². The Morgan fingerprint density at radius 2 is 2.21 bits per heavy atom. The van der Waals surface area contributed by atoms with Crippen LogP contribution in [0.3, 0.4) is 0 Å². The summed E-state index contributed by atoms with van der Waals surface area (Å²) in [7, 11) is 0. The van der Waals surface area contributed by atoms with Crippen molar-refractivity contribution in [2.45, 2.75) is 25.1 Å². The first-order valence-corrected chi connectivity index (χ1v) is 6.45. The molecule has 1 aliphatic heterocycles. The van der Waals surface area contributed by atoms with Crippen molar-refractivity contribution in [2.75, 3.05) is 19.6 Å². The van der Waals surface area contributed by atoms with E-state index in [0.717, 1.165) is 5.56 Å². The molecule has 1 fully saturated rings. The number of carboxylic acid groups (broad SMARTS) is 1. The van der Waals surface area contributed by atoms with E-state index in [1.165, 1.54) is 11.8 Å².